The van der Waals surface area contributed by atoms with E-state index in [4.69, 9.17) is 9.47 Å². The lowest BCUT2D eigenvalue weighted by molar-refractivity contribution is -0.139. The number of methoxy groups -OCH3 is 2. The van der Waals surface area contributed by atoms with Gasteiger partial charge in [-0.25, -0.2) is 0 Å². The smallest absolute Gasteiger partial charge is 0.259 e. The van der Waals surface area contributed by atoms with Gasteiger partial charge in [0.1, 0.15) is 17.5 Å². The summed E-state index contributed by atoms with van der Waals surface area (Å²) in [5, 5.41) is 14.5. The molecule has 2 atom stereocenters. The van der Waals surface area contributed by atoms with Gasteiger partial charge in [-0.3, -0.25) is 39.2 Å². The second-order valence-corrected chi connectivity index (χ2v) is 16.5. The Labute approximate surface area is 342 Å². The molecule has 15 nitrogen and oxygen atoms in total. The number of pyridine rings is 2. The number of unbranched alkanes of at least 4 members (excludes halogenated alkanes) is 1. The summed E-state index contributed by atoms with van der Waals surface area (Å²) in [6.07, 6.45) is 8.37. The summed E-state index contributed by atoms with van der Waals surface area (Å²) < 4.78 is 13.2. The van der Waals surface area contributed by atoms with E-state index in [9.17, 15) is 29.1 Å². The number of imide groups is 1. The highest BCUT2D eigenvalue weighted by atomic mass is 16.5. The number of carbonyl (C=O) groups is 4. The van der Waals surface area contributed by atoms with Crippen LogP contribution in [0.2, 0.25) is 0 Å². The van der Waals surface area contributed by atoms with Crippen LogP contribution < -0.4 is 25.2 Å². The number of likely N-dealkylation sites (tertiary alicyclic amines) is 1. The largest absolute Gasteiger partial charge is 0.496 e. The monoisotopic (exact) mass is 805 g/mol. The van der Waals surface area contributed by atoms with Gasteiger partial charge in [-0.05, 0) is 85.3 Å². The highest BCUT2D eigenvalue weighted by Crippen LogP contribution is 2.43. The van der Waals surface area contributed by atoms with Gasteiger partial charge in [0.15, 0.2) is 6.23 Å². The molecule has 4 amide bonds. The number of fused-ring (bicyclic) bond motifs is 2. The molecule has 0 saturated carbocycles. The van der Waals surface area contributed by atoms with E-state index in [0.29, 0.717) is 41.0 Å². The Balaban J connectivity index is 0.800. The number of anilines is 1. The lowest BCUT2D eigenvalue weighted by atomic mass is 9.72. The average molecular weight is 806 g/mol. The van der Waals surface area contributed by atoms with Gasteiger partial charge in [0, 0.05) is 94.1 Å². The number of nitrogens with zero attached hydrogens (tertiary/aromatic N) is 6. The highest BCUT2D eigenvalue weighted by Gasteiger charge is 2.46. The molecule has 8 rings (SSSR count). The van der Waals surface area contributed by atoms with E-state index in [1.807, 2.05) is 30.3 Å². The average Bonchev–Trinajstić information content (AvgIpc) is 3.47. The molecule has 2 aromatic carbocycles. The van der Waals surface area contributed by atoms with E-state index >= 15 is 0 Å². The van der Waals surface area contributed by atoms with Gasteiger partial charge >= 0.3 is 0 Å². The fourth-order valence-corrected chi connectivity index (χ4v) is 9.39. The number of aromatic nitrogens is 2. The molecule has 4 aliphatic heterocycles. The normalized spacial score (nSPS) is 20.1. The number of hydrogen-bond donors (Lipinski definition) is 2. The molecule has 3 fully saturated rings. The van der Waals surface area contributed by atoms with Crippen molar-refractivity contribution in [3.8, 4) is 22.6 Å². The van der Waals surface area contributed by atoms with Gasteiger partial charge in [-0.2, -0.15) is 0 Å². The van der Waals surface area contributed by atoms with Crippen LogP contribution in [0.4, 0.5) is 5.69 Å². The van der Waals surface area contributed by atoms with Crippen LogP contribution in [0.5, 0.6) is 11.5 Å². The lowest BCUT2D eigenvalue weighted by Crippen LogP contribution is -2.60. The molecule has 59 heavy (non-hydrogen) atoms. The second-order valence-electron chi connectivity index (χ2n) is 16.5. The Kier molecular flexibility index (Phi) is 10.9. The minimum Gasteiger partial charge on any atom is -0.496 e. The number of carbonyl (C=O) groups excluding carboxylic acids is 4. The Hall–Kier alpha value is -5.80. The van der Waals surface area contributed by atoms with Crippen molar-refractivity contribution in [2.24, 2.45) is 12.5 Å². The Morgan fingerprint density at radius 2 is 1.71 bits per heavy atom. The molecule has 2 unspecified atom stereocenters. The van der Waals surface area contributed by atoms with E-state index in [-0.39, 0.29) is 35.6 Å². The van der Waals surface area contributed by atoms with Crippen LogP contribution in [-0.2, 0) is 28.0 Å². The number of aryl methyl sites for hydroxylation is 1. The van der Waals surface area contributed by atoms with Crippen LogP contribution in [0.25, 0.3) is 21.9 Å². The zero-order valence-electron chi connectivity index (χ0n) is 34.0. The minimum atomic E-state index is -1.22. The molecular formula is C44H51N7O8. The third-order valence-electron chi connectivity index (χ3n) is 12.7. The summed E-state index contributed by atoms with van der Waals surface area (Å²) in [6, 6.07) is 10.3. The fourth-order valence-electron chi connectivity index (χ4n) is 9.39. The number of nitrogens with one attached hydrogen (secondary N) is 1. The standard InChI is InChI=1S/C44H51N7O8/c1-47(24-34-36(58-3)19-27(20-37(34)59-4)33-23-48(2)41(55)32-22-45-15-12-29(32)33)39(53)7-5-6-16-49-25-44(26-49)13-17-50(18-14-44)28-8-9-30-31(21-28)43(57)51(42(30)56)35-10-11-38(52)46-40(35)54/h8-9,12,15,19-23,35,42,56H,5-7,10-11,13-14,16-18,24-26H2,1-4H3,(H,46,52,54). The van der Waals surface area contributed by atoms with Crippen molar-refractivity contribution in [1.82, 2.24) is 29.6 Å². The molecule has 0 aliphatic carbocycles. The molecule has 4 aromatic rings. The maximum absolute atomic E-state index is 13.4. The van der Waals surface area contributed by atoms with Crippen molar-refractivity contribution in [3.05, 3.63) is 82.0 Å². The molecule has 2 aromatic heterocycles. The van der Waals surface area contributed by atoms with Gasteiger partial charge < -0.3 is 33.8 Å². The first kappa shape index (κ1) is 40.0. The van der Waals surface area contributed by atoms with Crippen molar-refractivity contribution in [1.29, 1.82) is 0 Å². The van der Waals surface area contributed by atoms with Gasteiger partial charge in [-0.15, -0.1) is 0 Å². The minimum absolute atomic E-state index is 0.0497. The van der Waals surface area contributed by atoms with Gasteiger partial charge in [0.2, 0.25) is 17.7 Å². The van der Waals surface area contributed by atoms with Crippen LogP contribution in [0, 0.1) is 5.41 Å². The number of rotatable bonds is 12. The summed E-state index contributed by atoms with van der Waals surface area (Å²) in [5.74, 6) is -0.0772. The van der Waals surface area contributed by atoms with Crippen molar-refractivity contribution < 1.29 is 33.8 Å². The van der Waals surface area contributed by atoms with Gasteiger partial charge in [-0.1, -0.05) is 6.07 Å². The Morgan fingerprint density at radius 3 is 2.41 bits per heavy atom. The molecule has 0 bridgehead atoms. The maximum atomic E-state index is 13.4. The van der Waals surface area contributed by atoms with Crippen LogP contribution in [0.1, 0.15) is 72.7 Å². The maximum Gasteiger partial charge on any atom is 0.259 e. The summed E-state index contributed by atoms with van der Waals surface area (Å²) in [6.45, 7) is 5.06. The summed E-state index contributed by atoms with van der Waals surface area (Å²) >= 11 is 0. The van der Waals surface area contributed by atoms with Crippen LogP contribution in [0.15, 0.2) is 59.8 Å². The van der Waals surface area contributed by atoms with E-state index < -0.39 is 24.1 Å². The third kappa shape index (κ3) is 7.53. The first-order chi connectivity index (χ1) is 28.4. The van der Waals surface area contributed by atoms with E-state index in [1.54, 1.807) is 62.4 Å². The zero-order valence-corrected chi connectivity index (χ0v) is 34.0. The highest BCUT2D eigenvalue weighted by molar-refractivity contribution is 6.06. The number of ether oxygens (including phenoxy) is 2. The number of piperidine rings is 2. The van der Waals surface area contributed by atoms with Crippen molar-refractivity contribution in [3.63, 3.8) is 0 Å². The molecule has 4 aliphatic rings. The quantitative estimate of drug-likeness (QED) is 0.159. The van der Waals surface area contributed by atoms with Crippen LogP contribution in [0.3, 0.4) is 0 Å². The number of amides is 4. The van der Waals surface area contributed by atoms with Gasteiger partial charge in [0.25, 0.3) is 11.5 Å². The molecule has 1 spiro atoms. The number of aliphatic hydroxyl groups excluding tert-OH is 1. The SMILES string of the molecule is COc1cc(-c2cn(C)c(=O)c3cnccc23)cc(OC)c1CN(C)C(=O)CCCCN1CC2(CCN(c3ccc4c(c3)C(=O)N(C3CCC(=O)NC3=O)C4O)CC2)C1. The lowest BCUT2D eigenvalue weighted by Gasteiger charge is -2.54. The van der Waals surface area contributed by atoms with Crippen LogP contribution >= 0.6 is 0 Å². The number of aliphatic hydroxyl groups is 1. The number of benzene rings is 2. The van der Waals surface area contributed by atoms with Gasteiger partial charge in [0.05, 0.1) is 31.7 Å². The predicted octanol–water partition coefficient (Wildman–Crippen LogP) is 3.60. The summed E-state index contributed by atoms with van der Waals surface area (Å²) in [5.41, 5.74) is 4.39. The van der Waals surface area contributed by atoms with E-state index in [1.165, 1.54) is 4.90 Å². The molecule has 310 valence electrons. The van der Waals surface area contributed by atoms with E-state index in [0.717, 1.165) is 86.2 Å². The third-order valence-corrected chi connectivity index (χ3v) is 12.7. The summed E-state index contributed by atoms with van der Waals surface area (Å²) in [7, 11) is 6.71. The fraction of sp³-hybridized carbons (Fsp3) is 0.455. The predicted molar refractivity (Wildman–Crippen MR) is 220 cm³/mol. The molecule has 6 heterocycles. The Morgan fingerprint density at radius 1 is 0.983 bits per heavy atom. The van der Waals surface area contributed by atoms with E-state index in [2.05, 4.69) is 20.1 Å². The van der Waals surface area contributed by atoms with Crippen molar-refractivity contribution in [2.45, 2.75) is 63.8 Å². The first-order valence-electron chi connectivity index (χ1n) is 20.3. The molecule has 0 radical (unpaired) electrons. The summed E-state index contributed by atoms with van der Waals surface area (Å²) in [4.78, 5) is 75.4. The molecule has 2 N–H and O–H groups in total. The zero-order chi connectivity index (χ0) is 41.6. The number of hydrogen-bond acceptors (Lipinski definition) is 11. The first-order valence-corrected chi connectivity index (χ1v) is 20.3. The van der Waals surface area contributed by atoms with Crippen molar-refractivity contribution >= 4 is 40.1 Å². The topological polar surface area (TPSA) is 167 Å². The molecular weight excluding hydrogens is 755 g/mol. The van der Waals surface area contributed by atoms with Crippen molar-refractivity contribution in [2.75, 3.05) is 58.9 Å². The molecule has 3 saturated heterocycles. The van der Waals surface area contributed by atoms with Crippen LogP contribution in [-0.4, -0.2) is 113 Å². The molecule has 15 heteroatoms. The second kappa shape index (κ2) is 16.1. The Bertz CT molecular complexity index is 2360.